The summed E-state index contributed by atoms with van der Waals surface area (Å²) in [5.41, 5.74) is 1.28. The molecule has 2 amide bonds. The van der Waals surface area contributed by atoms with E-state index in [4.69, 9.17) is 9.47 Å². The van der Waals surface area contributed by atoms with Gasteiger partial charge in [0, 0.05) is 24.1 Å². The standard InChI is InChI=1S/C18H22N4O4/c1-11(2)19-18(24)26-13-8-15(25-10-13)14-9-16(22-21-14)20-17(23)12-6-4-3-5-7-12/h3-7,9,11,13,15H,8,10H2,1-2H3,(H,19,24)(H2,20,21,22,23). The van der Waals surface area contributed by atoms with Crippen LogP contribution >= 0.6 is 0 Å². The van der Waals surface area contributed by atoms with Gasteiger partial charge >= 0.3 is 6.09 Å². The molecule has 0 bridgehead atoms. The number of anilines is 1. The lowest BCUT2D eigenvalue weighted by Gasteiger charge is -2.13. The van der Waals surface area contributed by atoms with Crippen molar-refractivity contribution in [1.82, 2.24) is 15.5 Å². The number of benzene rings is 1. The molecule has 0 aliphatic carbocycles. The zero-order chi connectivity index (χ0) is 18.5. The van der Waals surface area contributed by atoms with Gasteiger partial charge < -0.3 is 20.1 Å². The van der Waals surface area contributed by atoms with Crippen molar-refractivity contribution in [2.75, 3.05) is 11.9 Å². The maximum Gasteiger partial charge on any atom is 0.407 e. The fourth-order valence-electron chi connectivity index (χ4n) is 2.66. The van der Waals surface area contributed by atoms with Gasteiger partial charge in [0.1, 0.15) is 12.2 Å². The van der Waals surface area contributed by atoms with Crippen LogP contribution < -0.4 is 10.6 Å². The van der Waals surface area contributed by atoms with E-state index in [0.29, 0.717) is 24.4 Å². The highest BCUT2D eigenvalue weighted by molar-refractivity contribution is 6.03. The van der Waals surface area contributed by atoms with Gasteiger partial charge in [0.15, 0.2) is 5.82 Å². The first-order chi connectivity index (χ1) is 12.5. The number of amides is 2. The minimum absolute atomic E-state index is 0.0176. The number of hydrogen-bond donors (Lipinski definition) is 3. The van der Waals surface area contributed by atoms with Crippen LogP contribution in [0.15, 0.2) is 36.4 Å². The molecule has 26 heavy (non-hydrogen) atoms. The lowest BCUT2D eigenvalue weighted by molar-refractivity contribution is 0.0682. The molecule has 8 nitrogen and oxygen atoms in total. The zero-order valence-electron chi connectivity index (χ0n) is 14.7. The average molecular weight is 358 g/mol. The Labute approximate surface area is 151 Å². The first-order valence-electron chi connectivity index (χ1n) is 8.51. The number of nitrogens with zero attached hydrogens (tertiary/aromatic N) is 1. The molecule has 2 atom stereocenters. The van der Waals surface area contributed by atoms with Crippen molar-refractivity contribution in [3.05, 3.63) is 47.7 Å². The molecule has 0 saturated carbocycles. The highest BCUT2D eigenvalue weighted by Gasteiger charge is 2.31. The first-order valence-corrected chi connectivity index (χ1v) is 8.51. The lowest BCUT2D eigenvalue weighted by atomic mass is 10.1. The van der Waals surface area contributed by atoms with Crippen molar-refractivity contribution < 1.29 is 19.1 Å². The van der Waals surface area contributed by atoms with E-state index in [-0.39, 0.29) is 24.2 Å². The Kier molecular flexibility index (Phi) is 5.52. The van der Waals surface area contributed by atoms with Gasteiger partial charge in [0.25, 0.3) is 5.91 Å². The largest absolute Gasteiger partial charge is 0.444 e. The number of H-pyrrole nitrogens is 1. The summed E-state index contributed by atoms with van der Waals surface area (Å²) in [7, 11) is 0. The normalized spacial score (nSPS) is 19.3. The fourth-order valence-corrected chi connectivity index (χ4v) is 2.66. The van der Waals surface area contributed by atoms with E-state index in [1.54, 1.807) is 30.3 Å². The summed E-state index contributed by atoms with van der Waals surface area (Å²) in [6.45, 7) is 4.05. The molecule has 8 heteroatoms. The Hall–Kier alpha value is -2.87. The Balaban J connectivity index is 1.54. The van der Waals surface area contributed by atoms with E-state index in [2.05, 4.69) is 20.8 Å². The van der Waals surface area contributed by atoms with E-state index >= 15 is 0 Å². The molecule has 2 heterocycles. The smallest absolute Gasteiger partial charge is 0.407 e. The summed E-state index contributed by atoms with van der Waals surface area (Å²) in [4.78, 5) is 23.8. The summed E-state index contributed by atoms with van der Waals surface area (Å²) in [5.74, 6) is 0.182. The van der Waals surface area contributed by atoms with Crippen LogP contribution in [0.25, 0.3) is 0 Å². The Morgan fingerprint density at radius 3 is 2.81 bits per heavy atom. The zero-order valence-corrected chi connectivity index (χ0v) is 14.7. The van der Waals surface area contributed by atoms with Crippen molar-refractivity contribution in [1.29, 1.82) is 0 Å². The molecule has 1 aliphatic rings. The van der Waals surface area contributed by atoms with Crippen molar-refractivity contribution in [2.24, 2.45) is 0 Å². The molecule has 2 unspecified atom stereocenters. The Bertz CT molecular complexity index is 760. The molecular formula is C18H22N4O4. The summed E-state index contributed by atoms with van der Waals surface area (Å²) >= 11 is 0. The van der Waals surface area contributed by atoms with Crippen LogP contribution in [0, 0.1) is 0 Å². The van der Waals surface area contributed by atoms with Crippen LogP contribution in [-0.2, 0) is 9.47 Å². The van der Waals surface area contributed by atoms with Crippen LogP contribution in [0.4, 0.5) is 10.6 Å². The monoisotopic (exact) mass is 358 g/mol. The van der Waals surface area contributed by atoms with Gasteiger partial charge in [-0.1, -0.05) is 18.2 Å². The molecule has 0 radical (unpaired) electrons. The number of aromatic amines is 1. The number of carbonyl (C=O) groups excluding carboxylic acids is 2. The fraction of sp³-hybridized carbons (Fsp3) is 0.389. The van der Waals surface area contributed by atoms with E-state index < -0.39 is 6.09 Å². The average Bonchev–Trinajstić information content (AvgIpc) is 3.24. The van der Waals surface area contributed by atoms with E-state index in [1.165, 1.54) is 0 Å². The van der Waals surface area contributed by atoms with Crippen molar-refractivity contribution in [3.63, 3.8) is 0 Å². The highest BCUT2D eigenvalue weighted by Crippen LogP contribution is 2.30. The van der Waals surface area contributed by atoms with Gasteiger partial charge in [0.05, 0.1) is 12.3 Å². The minimum atomic E-state index is -0.449. The molecule has 1 aromatic heterocycles. The van der Waals surface area contributed by atoms with Gasteiger partial charge in [-0.15, -0.1) is 0 Å². The third-order valence-electron chi connectivity index (χ3n) is 3.86. The molecule has 1 aromatic carbocycles. The number of aromatic nitrogens is 2. The minimum Gasteiger partial charge on any atom is -0.444 e. The van der Waals surface area contributed by atoms with Crippen LogP contribution in [-0.4, -0.2) is 41.0 Å². The third kappa shape index (κ3) is 4.60. The summed E-state index contributed by atoms with van der Waals surface area (Å²) in [6.07, 6.45) is -0.499. The molecule has 1 saturated heterocycles. The summed E-state index contributed by atoms with van der Waals surface area (Å²) in [5, 5.41) is 12.4. The van der Waals surface area contributed by atoms with Gasteiger partial charge in [-0.3, -0.25) is 9.89 Å². The third-order valence-corrected chi connectivity index (χ3v) is 3.86. The van der Waals surface area contributed by atoms with Crippen LogP contribution in [0.5, 0.6) is 0 Å². The Morgan fingerprint density at radius 1 is 1.31 bits per heavy atom. The van der Waals surface area contributed by atoms with Crippen LogP contribution in [0.2, 0.25) is 0 Å². The van der Waals surface area contributed by atoms with Gasteiger partial charge in [-0.05, 0) is 26.0 Å². The predicted octanol–water partition coefficient (Wildman–Crippen LogP) is 2.63. The maximum absolute atomic E-state index is 12.1. The second-order valence-electron chi connectivity index (χ2n) is 6.41. The lowest BCUT2D eigenvalue weighted by Crippen LogP contribution is -2.33. The quantitative estimate of drug-likeness (QED) is 0.762. The first kappa shape index (κ1) is 17.9. The molecule has 2 aromatic rings. The second-order valence-corrected chi connectivity index (χ2v) is 6.41. The number of carbonyl (C=O) groups is 2. The number of ether oxygens (including phenoxy) is 2. The summed E-state index contributed by atoms with van der Waals surface area (Å²) < 4.78 is 11.0. The number of hydrogen-bond acceptors (Lipinski definition) is 5. The molecule has 1 fully saturated rings. The Morgan fingerprint density at radius 2 is 2.08 bits per heavy atom. The highest BCUT2D eigenvalue weighted by atomic mass is 16.6. The van der Waals surface area contributed by atoms with E-state index in [0.717, 1.165) is 5.69 Å². The molecule has 3 N–H and O–H groups in total. The molecule has 3 rings (SSSR count). The maximum atomic E-state index is 12.1. The van der Waals surface area contributed by atoms with Crippen molar-refractivity contribution in [2.45, 2.75) is 38.5 Å². The summed E-state index contributed by atoms with van der Waals surface area (Å²) in [6, 6.07) is 10.6. The van der Waals surface area contributed by atoms with Gasteiger partial charge in [0.2, 0.25) is 0 Å². The number of nitrogens with one attached hydrogen (secondary N) is 3. The molecule has 0 spiro atoms. The van der Waals surface area contributed by atoms with E-state index in [9.17, 15) is 9.59 Å². The SMILES string of the molecule is CC(C)NC(=O)OC1COC(c2cc(NC(=O)c3ccccc3)n[nH]2)C1. The van der Waals surface area contributed by atoms with Crippen LogP contribution in [0.1, 0.15) is 42.4 Å². The van der Waals surface area contributed by atoms with Crippen molar-refractivity contribution in [3.8, 4) is 0 Å². The van der Waals surface area contributed by atoms with Gasteiger partial charge in [-0.25, -0.2) is 4.79 Å². The van der Waals surface area contributed by atoms with Crippen LogP contribution in [0.3, 0.4) is 0 Å². The van der Waals surface area contributed by atoms with E-state index in [1.807, 2.05) is 19.9 Å². The molecule has 1 aliphatic heterocycles. The number of alkyl carbamates (subject to hydrolysis) is 1. The topological polar surface area (TPSA) is 105 Å². The molecule has 138 valence electrons. The van der Waals surface area contributed by atoms with Gasteiger partial charge in [-0.2, -0.15) is 5.10 Å². The van der Waals surface area contributed by atoms with Crippen molar-refractivity contribution >= 4 is 17.8 Å². The molecular weight excluding hydrogens is 336 g/mol. The second kappa shape index (κ2) is 8.01. The predicted molar refractivity (Wildman–Crippen MR) is 94.8 cm³/mol. The number of rotatable bonds is 5.